The first-order valence-corrected chi connectivity index (χ1v) is 12.2. The monoisotopic (exact) mass is 497 g/mol. The number of pyridine rings is 3. The Morgan fingerprint density at radius 3 is 2.80 bits per heavy atom. The van der Waals surface area contributed by atoms with Crippen LogP contribution in [0.1, 0.15) is 34.5 Å². The summed E-state index contributed by atoms with van der Waals surface area (Å²) in [7, 11) is 1.71. The van der Waals surface area contributed by atoms with Gasteiger partial charge in [0.05, 0.1) is 29.3 Å². The molecule has 35 heavy (non-hydrogen) atoms. The number of halogens is 1. The van der Waals surface area contributed by atoms with Crippen LogP contribution in [0.3, 0.4) is 0 Å². The normalized spacial score (nSPS) is 16.7. The van der Waals surface area contributed by atoms with Crippen LogP contribution in [0.5, 0.6) is 0 Å². The zero-order valence-corrected chi connectivity index (χ0v) is 20.4. The lowest BCUT2D eigenvalue weighted by Gasteiger charge is -2.32. The van der Waals surface area contributed by atoms with Crippen LogP contribution in [0.2, 0.25) is 5.02 Å². The smallest absolute Gasteiger partial charge is 0.341 e. The quantitative estimate of drug-likeness (QED) is 0.531. The molecule has 3 aromatic heterocycles. The molecule has 2 aliphatic rings. The zero-order valence-electron chi connectivity index (χ0n) is 19.6. The zero-order chi connectivity index (χ0) is 24.5. The van der Waals surface area contributed by atoms with Crippen molar-refractivity contribution < 1.29 is 14.6 Å². The van der Waals surface area contributed by atoms with Crippen molar-refractivity contribution in [1.82, 2.24) is 19.4 Å². The maximum atomic E-state index is 13.0. The van der Waals surface area contributed by atoms with Gasteiger partial charge in [0.1, 0.15) is 11.2 Å². The van der Waals surface area contributed by atoms with Gasteiger partial charge in [-0.2, -0.15) is 0 Å². The SMILES string of the molecule is COCCN1CCC(Cn2cc(C(=O)O)c(=O)c3cc(Cl)c(N4Cc5cccnc5C4)nc32)CC1. The van der Waals surface area contributed by atoms with Crippen LogP contribution in [0.25, 0.3) is 11.0 Å². The molecule has 2 aliphatic heterocycles. The van der Waals surface area contributed by atoms with E-state index in [1.54, 1.807) is 19.4 Å². The molecular formula is C25H28ClN5O4. The fraction of sp³-hybridized carbons (Fsp3) is 0.440. The largest absolute Gasteiger partial charge is 0.477 e. The van der Waals surface area contributed by atoms with Crippen LogP contribution in [-0.4, -0.2) is 63.9 Å². The average molecular weight is 498 g/mol. The molecule has 184 valence electrons. The van der Waals surface area contributed by atoms with Gasteiger partial charge < -0.3 is 24.2 Å². The molecule has 9 nitrogen and oxygen atoms in total. The number of carboxylic acid groups (broad SMARTS) is 1. The van der Waals surface area contributed by atoms with E-state index in [0.717, 1.165) is 43.7 Å². The molecule has 5 heterocycles. The van der Waals surface area contributed by atoms with Crippen LogP contribution >= 0.6 is 11.6 Å². The van der Waals surface area contributed by atoms with Crippen molar-refractivity contribution in [2.45, 2.75) is 32.5 Å². The van der Waals surface area contributed by atoms with Gasteiger partial charge >= 0.3 is 5.97 Å². The van der Waals surface area contributed by atoms with E-state index in [0.29, 0.717) is 48.6 Å². The van der Waals surface area contributed by atoms with Gasteiger partial charge in [0, 0.05) is 39.1 Å². The molecule has 0 aliphatic carbocycles. The Kier molecular flexibility index (Phi) is 6.73. The summed E-state index contributed by atoms with van der Waals surface area (Å²) >= 11 is 6.60. The van der Waals surface area contributed by atoms with Gasteiger partial charge in [-0.3, -0.25) is 9.78 Å². The minimum atomic E-state index is -1.25. The first-order chi connectivity index (χ1) is 16.9. The fourth-order valence-corrected chi connectivity index (χ4v) is 5.30. The number of carboxylic acids is 1. The molecule has 0 spiro atoms. The van der Waals surface area contributed by atoms with E-state index in [9.17, 15) is 14.7 Å². The molecule has 0 amide bonds. The van der Waals surface area contributed by atoms with Gasteiger partial charge in [0.2, 0.25) is 5.43 Å². The van der Waals surface area contributed by atoms with Crippen molar-refractivity contribution in [2.24, 2.45) is 5.92 Å². The number of ether oxygens (including phenoxy) is 1. The molecule has 1 N–H and O–H groups in total. The summed E-state index contributed by atoms with van der Waals surface area (Å²) in [6.07, 6.45) is 5.17. The van der Waals surface area contributed by atoms with Crippen LogP contribution in [-0.2, 0) is 24.4 Å². The Morgan fingerprint density at radius 2 is 2.09 bits per heavy atom. The third-order valence-corrected chi connectivity index (χ3v) is 7.25. The van der Waals surface area contributed by atoms with Gasteiger partial charge in [0.25, 0.3) is 0 Å². The lowest BCUT2D eigenvalue weighted by Crippen LogP contribution is -2.37. The third-order valence-electron chi connectivity index (χ3n) is 6.97. The van der Waals surface area contributed by atoms with Gasteiger partial charge in [-0.1, -0.05) is 17.7 Å². The van der Waals surface area contributed by atoms with E-state index in [2.05, 4.69) is 9.88 Å². The predicted octanol–water partition coefficient (Wildman–Crippen LogP) is 3.02. The number of hydrogen-bond acceptors (Lipinski definition) is 7. The maximum Gasteiger partial charge on any atom is 0.341 e. The van der Waals surface area contributed by atoms with E-state index in [-0.39, 0.29) is 10.9 Å². The number of anilines is 1. The topological polar surface area (TPSA) is 101 Å². The van der Waals surface area contributed by atoms with Crippen LogP contribution in [0.15, 0.2) is 35.4 Å². The van der Waals surface area contributed by atoms with Crippen molar-refractivity contribution in [2.75, 3.05) is 38.3 Å². The second-order valence-corrected chi connectivity index (χ2v) is 9.64. The number of piperidine rings is 1. The Hall–Kier alpha value is -3.01. The summed E-state index contributed by atoms with van der Waals surface area (Å²) in [6, 6.07) is 5.50. The molecule has 1 fully saturated rings. The van der Waals surface area contributed by atoms with E-state index in [1.807, 2.05) is 21.6 Å². The summed E-state index contributed by atoms with van der Waals surface area (Å²) in [6.45, 7) is 5.32. The van der Waals surface area contributed by atoms with Crippen LogP contribution < -0.4 is 10.3 Å². The highest BCUT2D eigenvalue weighted by molar-refractivity contribution is 6.33. The standard InChI is InChI=1S/C25H28ClN5O4/c1-35-10-9-29-7-4-16(5-8-29)12-30-14-19(25(33)34)22(32)18-11-20(26)24(28-23(18)30)31-13-17-3-2-6-27-21(17)15-31/h2-3,6,11,14,16H,4-5,7-10,12-13,15H2,1H3,(H,33,34). The number of hydrogen-bond donors (Lipinski definition) is 1. The number of nitrogens with zero attached hydrogens (tertiary/aromatic N) is 5. The number of rotatable bonds is 7. The van der Waals surface area contributed by atoms with Crippen molar-refractivity contribution in [3.63, 3.8) is 0 Å². The summed E-state index contributed by atoms with van der Waals surface area (Å²) < 4.78 is 7.02. The van der Waals surface area contributed by atoms with Crippen molar-refractivity contribution in [3.8, 4) is 0 Å². The molecule has 0 unspecified atom stereocenters. The molecule has 0 radical (unpaired) electrons. The number of likely N-dealkylation sites (tertiary alicyclic amines) is 1. The van der Waals surface area contributed by atoms with E-state index >= 15 is 0 Å². The molecule has 0 saturated carbocycles. The van der Waals surface area contributed by atoms with Gasteiger partial charge in [0.15, 0.2) is 5.82 Å². The van der Waals surface area contributed by atoms with Crippen molar-refractivity contribution in [3.05, 3.63) is 62.7 Å². The molecule has 0 aromatic carbocycles. The molecule has 5 rings (SSSR count). The summed E-state index contributed by atoms with van der Waals surface area (Å²) in [5.41, 5.74) is 1.72. The Morgan fingerprint density at radius 1 is 1.29 bits per heavy atom. The van der Waals surface area contributed by atoms with Gasteiger partial charge in [-0.05, 0) is 49.5 Å². The summed E-state index contributed by atoms with van der Waals surface area (Å²) in [5.74, 6) is -0.327. The predicted molar refractivity (Wildman–Crippen MR) is 133 cm³/mol. The number of fused-ring (bicyclic) bond motifs is 2. The number of methoxy groups -OCH3 is 1. The number of aromatic nitrogens is 3. The molecule has 10 heteroatoms. The Bertz CT molecular complexity index is 1290. The van der Waals surface area contributed by atoms with Crippen LogP contribution in [0, 0.1) is 5.92 Å². The summed E-state index contributed by atoms with van der Waals surface area (Å²) in [5, 5.41) is 10.2. The highest BCUT2D eigenvalue weighted by Crippen LogP contribution is 2.33. The molecule has 3 aromatic rings. The molecule has 0 atom stereocenters. The van der Waals surface area contributed by atoms with Gasteiger partial charge in [-0.25, -0.2) is 9.78 Å². The van der Waals surface area contributed by atoms with Gasteiger partial charge in [-0.15, -0.1) is 0 Å². The minimum Gasteiger partial charge on any atom is -0.477 e. The van der Waals surface area contributed by atoms with Crippen LogP contribution in [0.4, 0.5) is 5.82 Å². The number of aromatic carboxylic acids is 1. The van der Waals surface area contributed by atoms with Crippen molar-refractivity contribution >= 4 is 34.4 Å². The van der Waals surface area contributed by atoms with Crippen molar-refractivity contribution in [1.29, 1.82) is 0 Å². The summed E-state index contributed by atoms with van der Waals surface area (Å²) in [4.78, 5) is 38.5. The Balaban J connectivity index is 1.49. The highest BCUT2D eigenvalue weighted by Gasteiger charge is 2.26. The lowest BCUT2D eigenvalue weighted by atomic mass is 9.96. The second-order valence-electron chi connectivity index (χ2n) is 9.24. The average Bonchev–Trinajstić information content (AvgIpc) is 3.29. The first-order valence-electron chi connectivity index (χ1n) is 11.8. The maximum absolute atomic E-state index is 13.0. The molecular weight excluding hydrogens is 470 g/mol. The number of carbonyl (C=O) groups is 1. The Labute approximate surface area is 207 Å². The highest BCUT2D eigenvalue weighted by atomic mass is 35.5. The molecule has 0 bridgehead atoms. The third kappa shape index (κ3) is 4.76. The van der Waals surface area contributed by atoms with E-state index < -0.39 is 11.4 Å². The second kappa shape index (κ2) is 9.93. The lowest BCUT2D eigenvalue weighted by molar-refractivity contribution is 0.0694. The first kappa shape index (κ1) is 23.7. The minimum absolute atomic E-state index is 0.228. The fourth-order valence-electron chi connectivity index (χ4n) is 5.03. The molecule has 1 saturated heterocycles. The van der Waals surface area contributed by atoms with E-state index in [4.69, 9.17) is 21.3 Å². The van der Waals surface area contributed by atoms with E-state index in [1.165, 1.54) is 6.20 Å².